The van der Waals surface area contributed by atoms with Crippen molar-refractivity contribution in [2.24, 2.45) is 0 Å². The van der Waals surface area contributed by atoms with Crippen LogP contribution in [0.4, 0.5) is 0 Å². The molecule has 0 fully saturated rings. The van der Waals surface area contributed by atoms with Crippen molar-refractivity contribution in [3.63, 3.8) is 0 Å². The Labute approximate surface area is 403 Å². The van der Waals surface area contributed by atoms with Crippen LogP contribution in [0.3, 0.4) is 0 Å². The second kappa shape index (κ2) is 16.8. The Morgan fingerprint density at radius 2 is 0.942 bits per heavy atom. The van der Waals surface area contributed by atoms with Crippen molar-refractivity contribution in [1.29, 1.82) is 0 Å². The maximum Gasteiger partial charge on any atom is 0.172 e. The van der Waals surface area contributed by atoms with Crippen LogP contribution in [-0.4, -0.2) is 4.57 Å². The Morgan fingerprint density at radius 1 is 0.391 bits per heavy atom. The molecule has 0 spiro atoms. The molecule has 1 aliphatic carbocycles. The molecule has 3 heteroatoms. The van der Waals surface area contributed by atoms with Crippen LogP contribution in [-0.2, 0) is 4.57 Å². The molecule has 13 rings (SSSR count). The highest BCUT2D eigenvalue weighted by Gasteiger charge is 2.41. The van der Waals surface area contributed by atoms with Crippen molar-refractivity contribution >= 4 is 50.4 Å². The smallest absolute Gasteiger partial charge is 0.172 e. The van der Waals surface area contributed by atoms with Crippen LogP contribution in [0.1, 0.15) is 23.5 Å². The van der Waals surface area contributed by atoms with Gasteiger partial charge in [0, 0.05) is 38.3 Å². The zero-order chi connectivity index (χ0) is 45.9. The zero-order valence-electron chi connectivity index (χ0n) is 37.9. The van der Waals surface area contributed by atoms with Crippen molar-refractivity contribution < 1.29 is 4.57 Å². The summed E-state index contributed by atoms with van der Waals surface area (Å²) in [5.74, 6) is 0.0357. The third kappa shape index (κ3) is 7.07. The van der Waals surface area contributed by atoms with Crippen molar-refractivity contribution in [3.05, 3.63) is 272 Å². The first-order chi connectivity index (χ1) is 34.1. The minimum Gasteiger partial charge on any atom is -0.309 e. The third-order valence-corrected chi connectivity index (χ3v) is 17.4. The number of aromatic nitrogens is 1. The summed E-state index contributed by atoms with van der Waals surface area (Å²) in [5, 5.41) is 4.98. The molecule has 69 heavy (non-hydrogen) atoms. The van der Waals surface area contributed by atoms with E-state index in [0.717, 1.165) is 83.4 Å². The van der Waals surface area contributed by atoms with E-state index in [1.165, 1.54) is 38.8 Å². The Bertz CT molecular complexity index is 3830. The molecule has 0 bridgehead atoms. The highest BCUT2D eigenvalue weighted by Crippen LogP contribution is 2.54. The van der Waals surface area contributed by atoms with Crippen molar-refractivity contribution in [2.75, 3.05) is 0 Å². The van der Waals surface area contributed by atoms with E-state index in [-0.39, 0.29) is 5.92 Å². The predicted octanol–water partition coefficient (Wildman–Crippen LogP) is 16.2. The number of para-hydroxylation sites is 2. The molecular weight excluding hydrogens is 854 g/mol. The molecule has 10 aromatic carbocycles. The molecule has 0 N–H and O–H groups in total. The Morgan fingerprint density at radius 3 is 1.65 bits per heavy atom. The number of benzene rings is 10. The molecular formula is C66H46NOP. The van der Waals surface area contributed by atoms with Crippen molar-refractivity contribution in [3.8, 4) is 61.3 Å². The maximum atomic E-state index is 17.1. The van der Waals surface area contributed by atoms with Crippen LogP contribution >= 0.6 is 7.14 Å². The van der Waals surface area contributed by atoms with Gasteiger partial charge in [-0.25, -0.2) is 0 Å². The number of nitrogens with zero attached hydrogens (tertiary/aromatic N) is 1. The van der Waals surface area contributed by atoms with E-state index in [1.54, 1.807) is 0 Å². The molecule has 2 unspecified atom stereocenters. The van der Waals surface area contributed by atoms with Gasteiger partial charge in [0.2, 0.25) is 0 Å². The van der Waals surface area contributed by atoms with E-state index < -0.39 is 7.14 Å². The van der Waals surface area contributed by atoms with E-state index in [2.05, 4.69) is 265 Å². The van der Waals surface area contributed by atoms with Gasteiger partial charge in [-0.05, 0) is 145 Å². The van der Waals surface area contributed by atoms with Crippen LogP contribution in [0.25, 0.3) is 88.7 Å². The number of hydrogen-bond acceptors (Lipinski definition) is 1. The van der Waals surface area contributed by atoms with E-state index in [0.29, 0.717) is 0 Å². The molecule has 1 aliphatic heterocycles. The van der Waals surface area contributed by atoms with Gasteiger partial charge in [0.05, 0.1) is 11.0 Å². The number of rotatable bonds is 8. The Balaban J connectivity index is 0.997. The summed E-state index contributed by atoms with van der Waals surface area (Å²) in [6, 6.07) is 86.8. The Kier molecular flexibility index (Phi) is 9.96. The van der Waals surface area contributed by atoms with E-state index in [1.807, 2.05) is 0 Å². The van der Waals surface area contributed by atoms with Gasteiger partial charge in [0.15, 0.2) is 7.14 Å². The fraction of sp³-hybridized carbons (Fsp3) is 0.0303. The van der Waals surface area contributed by atoms with Crippen LogP contribution in [0, 0.1) is 0 Å². The van der Waals surface area contributed by atoms with Crippen LogP contribution in [0.5, 0.6) is 0 Å². The first kappa shape index (κ1) is 40.9. The SMILES string of the molecule is O=P1(c2cc(-c3cccc(-c4ccccc4)c3)cc(C3C=CC=C(c4cc(-c5ccccc5)cc(-c5ccccc5)c4)C3)c2)c2ccccc2-c2cc3c4ccccc4n(-c4ccccc4)c3cc21. The van der Waals surface area contributed by atoms with Gasteiger partial charge in [-0.2, -0.15) is 0 Å². The minimum absolute atomic E-state index is 0.0357. The van der Waals surface area contributed by atoms with Crippen LogP contribution in [0.2, 0.25) is 0 Å². The monoisotopic (exact) mass is 899 g/mol. The Hall–Kier alpha value is -8.29. The van der Waals surface area contributed by atoms with E-state index in [9.17, 15) is 0 Å². The minimum atomic E-state index is -3.46. The molecule has 1 aromatic heterocycles. The molecule has 326 valence electrons. The van der Waals surface area contributed by atoms with E-state index >= 15 is 4.57 Å². The van der Waals surface area contributed by atoms with Gasteiger partial charge in [-0.15, -0.1) is 0 Å². The average molecular weight is 900 g/mol. The summed E-state index contributed by atoms with van der Waals surface area (Å²) >= 11 is 0. The zero-order valence-corrected chi connectivity index (χ0v) is 38.8. The van der Waals surface area contributed by atoms with Gasteiger partial charge >= 0.3 is 0 Å². The first-order valence-corrected chi connectivity index (χ1v) is 25.6. The summed E-state index contributed by atoms with van der Waals surface area (Å²) in [5.41, 5.74) is 18.2. The molecule has 2 atom stereocenters. The molecule has 0 radical (unpaired) electrons. The van der Waals surface area contributed by atoms with Crippen molar-refractivity contribution in [1.82, 2.24) is 4.57 Å². The lowest BCUT2D eigenvalue weighted by atomic mass is 9.83. The highest BCUT2D eigenvalue weighted by molar-refractivity contribution is 7.86. The number of fused-ring (bicyclic) bond motifs is 6. The average Bonchev–Trinajstić information content (AvgIpc) is 3.89. The summed E-state index contributed by atoms with van der Waals surface area (Å²) < 4.78 is 19.4. The number of hydrogen-bond donors (Lipinski definition) is 0. The summed E-state index contributed by atoms with van der Waals surface area (Å²) in [6.45, 7) is 0. The standard InChI is InChI=1S/C66H46NOP/c68-69(65-34-16-14-32-60(65)62-43-61-59-31-13-15-33-63(59)67(64(61)44-66(62)69)57-29-11-4-12-30-57)58-41-55(50-27-17-25-48(35-50)45-19-5-1-6-20-45)40-56(42-58)51-28-18-26-49(36-51)54-38-52(46-21-7-2-8-22-46)37-53(39-54)47-23-9-3-10-24-47/h1-35,37-44,51H,36H2. The van der Waals surface area contributed by atoms with Crippen LogP contribution < -0.4 is 15.9 Å². The second-order valence-corrected chi connectivity index (χ2v) is 21.1. The van der Waals surface area contributed by atoms with Gasteiger partial charge in [0.25, 0.3) is 0 Å². The topological polar surface area (TPSA) is 22.0 Å². The lowest BCUT2D eigenvalue weighted by Gasteiger charge is -2.24. The molecule has 0 saturated carbocycles. The van der Waals surface area contributed by atoms with Gasteiger partial charge in [-0.1, -0.05) is 194 Å². The molecule has 0 saturated heterocycles. The fourth-order valence-corrected chi connectivity index (χ4v) is 14.1. The number of allylic oxidation sites excluding steroid dienone is 4. The van der Waals surface area contributed by atoms with Gasteiger partial charge in [0.1, 0.15) is 0 Å². The summed E-state index contributed by atoms with van der Waals surface area (Å²) in [7, 11) is -3.46. The second-order valence-electron chi connectivity index (χ2n) is 18.4. The molecule has 2 nitrogen and oxygen atoms in total. The fourth-order valence-electron chi connectivity index (χ4n) is 11.0. The quantitative estimate of drug-likeness (QED) is 0.139. The summed E-state index contributed by atoms with van der Waals surface area (Å²) in [6.07, 6.45) is 7.64. The van der Waals surface area contributed by atoms with Crippen molar-refractivity contribution in [2.45, 2.75) is 12.3 Å². The largest absolute Gasteiger partial charge is 0.309 e. The van der Waals surface area contributed by atoms with Gasteiger partial charge < -0.3 is 9.13 Å². The lowest BCUT2D eigenvalue weighted by Crippen LogP contribution is -2.22. The first-order valence-electron chi connectivity index (χ1n) is 23.9. The molecule has 2 heterocycles. The van der Waals surface area contributed by atoms with Crippen LogP contribution in [0.15, 0.2) is 261 Å². The maximum absolute atomic E-state index is 17.1. The van der Waals surface area contributed by atoms with E-state index in [4.69, 9.17) is 0 Å². The highest BCUT2D eigenvalue weighted by atomic mass is 31.2. The summed E-state index contributed by atoms with van der Waals surface area (Å²) in [4.78, 5) is 0. The third-order valence-electron chi connectivity index (χ3n) is 14.3. The predicted molar refractivity (Wildman–Crippen MR) is 292 cm³/mol. The molecule has 11 aromatic rings. The molecule has 2 aliphatic rings. The normalized spacial score (nSPS) is 16.1. The lowest BCUT2D eigenvalue weighted by molar-refractivity contribution is 0.593. The van der Waals surface area contributed by atoms with Gasteiger partial charge in [-0.3, -0.25) is 0 Å². The molecule has 0 amide bonds.